The number of nitrogens with two attached hydrogens (primary N) is 2. The van der Waals surface area contributed by atoms with Gasteiger partial charge in [-0.3, -0.25) is 14.4 Å². The molecule has 0 aliphatic rings. The Morgan fingerprint density at radius 2 is 1.77 bits per heavy atom. The fourth-order valence-corrected chi connectivity index (χ4v) is 5.22. The summed E-state index contributed by atoms with van der Waals surface area (Å²) in [5.41, 5.74) is 12.4. The van der Waals surface area contributed by atoms with E-state index in [0.29, 0.717) is 24.5 Å². The largest absolute Gasteiger partial charge is 0.387 e. The summed E-state index contributed by atoms with van der Waals surface area (Å²) in [5.74, 6) is -2.39. The maximum Gasteiger partial charge on any atom is 0.248 e. The minimum Gasteiger partial charge on any atom is -0.387 e. The zero-order valence-corrected chi connectivity index (χ0v) is 27.9. The van der Waals surface area contributed by atoms with E-state index in [0.717, 1.165) is 23.8 Å². The highest BCUT2D eigenvalue weighted by Gasteiger charge is 2.38. The van der Waals surface area contributed by atoms with Crippen molar-refractivity contribution >= 4 is 23.4 Å². The molecular weight excluding hydrogens is 608 g/mol. The Hall–Kier alpha value is -4.20. The number of nitrogens with one attached hydrogen (secondary N) is 2. The number of amides is 3. The summed E-state index contributed by atoms with van der Waals surface area (Å²) in [7, 11) is 0. The summed E-state index contributed by atoms with van der Waals surface area (Å²) in [5, 5.41) is 15.3. The highest BCUT2D eigenvalue weighted by molar-refractivity contribution is 5.97. The second kappa shape index (κ2) is 16.1. The molecule has 0 aliphatic heterocycles. The number of hydrogen-bond donors (Lipinski definition) is 5. The molecule has 3 rings (SSSR count). The summed E-state index contributed by atoms with van der Waals surface area (Å²) in [4.78, 5) is 44.7. The molecule has 1 aromatic heterocycles. The molecule has 3 atom stereocenters. The van der Waals surface area contributed by atoms with Crippen molar-refractivity contribution in [2.45, 2.75) is 72.6 Å². The van der Waals surface area contributed by atoms with Crippen molar-refractivity contribution in [2.75, 3.05) is 25.0 Å². The number of hydrogen-bond acceptors (Lipinski definition) is 7. The van der Waals surface area contributed by atoms with E-state index in [1.165, 1.54) is 4.90 Å². The van der Waals surface area contributed by atoms with Crippen LogP contribution in [-0.2, 0) is 20.9 Å². The number of aliphatic hydroxyl groups excluding tert-OH is 1. The van der Waals surface area contributed by atoms with Crippen LogP contribution in [0.15, 0.2) is 48.7 Å². The lowest BCUT2D eigenvalue weighted by Gasteiger charge is -2.40. The Kier molecular flexibility index (Phi) is 12.7. The molecule has 0 radical (unpaired) electrons. The second-order valence-electron chi connectivity index (χ2n) is 13.1. The molecule has 0 saturated heterocycles. The Labute approximate surface area is 274 Å². The van der Waals surface area contributed by atoms with E-state index in [-0.39, 0.29) is 30.3 Å². The lowest BCUT2D eigenvalue weighted by Crippen LogP contribution is -2.50. The molecule has 0 aliphatic carbocycles. The highest BCUT2D eigenvalue weighted by Crippen LogP contribution is 2.39. The monoisotopic (exact) mass is 655 g/mol. The number of imidazole rings is 1. The Bertz CT molecular complexity index is 1550. The molecule has 7 N–H and O–H groups in total. The van der Waals surface area contributed by atoms with Gasteiger partial charge < -0.3 is 36.7 Å². The Morgan fingerprint density at radius 1 is 1.06 bits per heavy atom. The van der Waals surface area contributed by atoms with Crippen LogP contribution in [0, 0.1) is 23.0 Å². The molecule has 47 heavy (non-hydrogen) atoms. The number of aromatic nitrogens is 2. The van der Waals surface area contributed by atoms with E-state index in [4.69, 9.17) is 16.5 Å². The van der Waals surface area contributed by atoms with E-state index >= 15 is 0 Å². The molecule has 0 fully saturated rings. The van der Waals surface area contributed by atoms with Gasteiger partial charge in [0.2, 0.25) is 17.7 Å². The molecule has 0 bridgehead atoms. The van der Waals surface area contributed by atoms with Gasteiger partial charge in [0.15, 0.2) is 0 Å². The van der Waals surface area contributed by atoms with E-state index in [9.17, 15) is 28.3 Å². The lowest BCUT2D eigenvalue weighted by molar-refractivity contribution is -0.139. The van der Waals surface area contributed by atoms with E-state index < -0.39 is 59.5 Å². The van der Waals surface area contributed by atoms with Crippen LogP contribution < -0.4 is 22.1 Å². The predicted octanol–water partition coefficient (Wildman–Crippen LogP) is 3.56. The first kappa shape index (κ1) is 37.3. The van der Waals surface area contributed by atoms with Crippen LogP contribution in [-0.4, -0.2) is 69.1 Å². The third kappa shape index (κ3) is 9.66. The van der Waals surface area contributed by atoms with Gasteiger partial charge in [-0.05, 0) is 67.1 Å². The molecule has 3 aromatic rings. The van der Waals surface area contributed by atoms with Gasteiger partial charge in [-0.25, -0.2) is 13.8 Å². The average molecular weight is 656 g/mol. The summed E-state index contributed by atoms with van der Waals surface area (Å²) in [6, 6.07) is 7.84. The fourth-order valence-electron chi connectivity index (χ4n) is 5.22. The standard InChI is InChI=1S/C34H47F2N7O4/c1-20(2)29(38)33(47)39-21(3)32(46)40-24-10-7-9-22(15-24)17-42-18-27(25-16-23(35)11-12-26(25)36)41-31(42)30(34(4,5)6)43(14-8-13-37)28(45)19-44/h7,9-12,15-16,18,20-21,29-30,44H,8,13-14,17,19,37-38H2,1-6H3,(H,39,47)(H,40,46)/t21-,29-,30-/m0/s1. The molecule has 0 spiro atoms. The maximum absolute atomic E-state index is 15.0. The van der Waals surface area contributed by atoms with Crippen molar-refractivity contribution in [2.24, 2.45) is 22.8 Å². The van der Waals surface area contributed by atoms with E-state index in [1.807, 2.05) is 40.7 Å². The summed E-state index contributed by atoms with van der Waals surface area (Å²) in [6.45, 7) is 11.0. The topological polar surface area (TPSA) is 169 Å². The van der Waals surface area contributed by atoms with Crippen LogP contribution in [0.3, 0.4) is 0 Å². The Balaban J connectivity index is 2.04. The van der Waals surface area contributed by atoms with Gasteiger partial charge in [0.25, 0.3) is 0 Å². The quantitative estimate of drug-likeness (QED) is 0.177. The van der Waals surface area contributed by atoms with Crippen LogP contribution in [0.25, 0.3) is 11.3 Å². The molecule has 0 unspecified atom stereocenters. The molecule has 1 heterocycles. The molecule has 2 aromatic carbocycles. The van der Waals surface area contributed by atoms with Gasteiger partial charge in [-0.2, -0.15) is 0 Å². The number of nitrogens with zero attached hydrogens (tertiary/aromatic N) is 3. The molecule has 0 saturated carbocycles. The van der Waals surface area contributed by atoms with Crippen molar-refractivity contribution in [3.63, 3.8) is 0 Å². The minimum atomic E-state index is -0.851. The van der Waals surface area contributed by atoms with E-state index in [2.05, 4.69) is 10.6 Å². The molecular formula is C34H47F2N7O4. The van der Waals surface area contributed by atoms with Gasteiger partial charge in [-0.15, -0.1) is 0 Å². The van der Waals surface area contributed by atoms with Crippen LogP contribution in [0.5, 0.6) is 0 Å². The second-order valence-corrected chi connectivity index (χ2v) is 13.1. The molecule has 3 amide bonds. The normalized spacial score (nSPS) is 13.6. The van der Waals surface area contributed by atoms with Crippen LogP contribution in [0.1, 0.15) is 65.4 Å². The predicted molar refractivity (Wildman–Crippen MR) is 177 cm³/mol. The first-order chi connectivity index (χ1) is 22.1. The van der Waals surface area contributed by atoms with Gasteiger partial charge in [0.05, 0.1) is 17.8 Å². The van der Waals surface area contributed by atoms with Crippen LogP contribution in [0.4, 0.5) is 14.5 Å². The number of benzene rings is 2. The highest BCUT2D eigenvalue weighted by atomic mass is 19.1. The van der Waals surface area contributed by atoms with Gasteiger partial charge in [-0.1, -0.05) is 46.8 Å². The Morgan fingerprint density at radius 3 is 2.38 bits per heavy atom. The zero-order valence-electron chi connectivity index (χ0n) is 27.9. The van der Waals surface area contributed by atoms with Gasteiger partial charge in [0.1, 0.15) is 30.1 Å². The molecule has 256 valence electrons. The number of aliphatic hydroxyl groups is 1. The summed E-state index contributed by atoms with van der Waals surface area (Å²) in [6.07, 6.45) is 2.06. The maximum atomic E-state index is 15.0. The first-order valence-electron chi connectivity index (χ1n) is 15.7. The summed E-state index contributed by atoms with van der Waals surface area (Å²) >= 11 is 0. The van der Waals surface area contributed by atoms with Crippen molar-refractivity contribution < 1.29 is 28.3 Å². The van der Waals surface area contributed by atoms with Crippen molar-refractivity contribution in [3.8, 4) is 11.3 Å². The number of anilines is 1. The van der Waals surface area contributed by atoms with Crippen LogP contribution in [0.2, 0.25) is 0 Å². The zero-order chi connectivity index (χ0) is 35.1. The fraction of sp³-hybridized carbons (Fsp3) is 0.471. The summed E-state index contributed by atoms with van der Waals surface area (Å²) < 4.78 is 31.0. The average Bonchev–Trinajstić information content (AvgIpc) is 3.40. The smallest absolute Gasteiger partial charge is 0.248 e. The number of halogens is 2. The van der Waals surface area contributed by atoms with Gasteiger partial charge in [0, 0.05) is 30.5 Å². The first-order valence-corrected chi connectivity index (χ1v) is 15.7. The van der Waals surface area contributed by atoms with Crippen molar-refractivity contribution in [1.82, 2.24) is 19.8 Å². The SMILES string of the molecule is CC(C)[C@H](N)C(=O)N[C@@H](C)C(=O)Nc1cccc(Cn2cc(-c3cc(F)ccc3F)nc2[C@H](N(CCCN)C(=O)CO)C(C)(C)C)c1. The molecule has 13 heteroatoms. The molecule has 11 nitrogen and oxygen atoms in total. The van der Waals surface area contributed by atoms with E-state index in [1.54, 1.807) is 35.9 Å². The van der Waals surface area contributed by atoms with Crippen molar-refractivity contribution in [3.05, 3.63) is 71.7 Å². The number of carbonyl (C=O) groups excluding carboxylic acids is 3. The van der Waals surface area contributed by atoms with Crippen molar-refractivity contribution in [1.29, 1.82) is 0 Å². The third-order valence-electron chi connectivity index (χ3n) is 7.77. The third-order valence-corrected chi connectivity index (χ3v) is 7.77. The number of rotatable bonds is 14. The minimum absolute atomic E-state index is 0.0473. The number of carbonyl (C=O) groups is 3. The van der Waals surface area contributed by atoms with Crippen LogP contribution >= 0.6 is 0 Å². The lowest BCUT2D eigenvalue weighted by atomic mass is 9.84. The van der Waals surface area contributed by atoms with Gasteiger partial charge >= 0.3 is 0 Å².